The summed E-state index contributed by atoms with van der Waals surface area (Å²) in [6, 6.07) is 1.39. The van der Waals surface area contributed by atoms with Crippen LogP contribution in [-0.4, -0.2) is 46.5 Å². The van der Waals surface area contributed by atoms with Crippen LogP contribution in [0.25, 0.3) is 0 Å². The fraction of sp³-hybridized carbons (Fsp3) is 0.462. The molecular formula is C13H17N3O3. The van der Waals surface area contributed by atoms with Gasteiger partial charge in [-0.25, -0.2) is 4.79 Å². The molecule has 6 nitrogen and oxygen atoms in total. The van der Waals surface area contributed by atoms with E-state index >= 15 is 0 Å². The van der Waals surface area contributed by atoms with Crippen molar-refractivity contribution in [3.8, 4) is 0 Å². The Balaban J connectivity index is 2.41. The second-order valence-electron chi connectivity index (χ2n) is 4.75. The molecule has 102 valence electrons. The van der Waals surface area contributed by atoms with Crippen molar-refractivity contribution >= 4 is 12.4 Å². The van der Waals surface area contributed by atoms with Crippen molar-refractivity contribution in [2.24, 2.45) is 0 Å². The minimum Gasteiger partial charge on any atom is -0.465 e. The molecule has 0 saturated carbocycles. The van der Waals surface area contributed by atoms with Crippen LogP contribution in [0.4, 0.5) is 4.79 Å². The maximum Gasteiger partial charge on any atom is 0.407 e. The molecule has 0 aromatic carbocycles. The van der Waals surface area contributed by atoms with Gasteiger partial charge in [0, 0.05) is 30.9 Å². The summed E-state index contributed by atoms with van der Waals surface area (Å²) in [7, 11) is 0. The number of amides is 1. The van der Waals surface area contributed by atoms with Gasteiger partial charge in [-0.15, -0.1) is 0 Å². The van der Waals surface area contributed by atoms with Crippen LogP contribution in [0.15, 0.2) is 12.3 Å². The van der Waals surface area contributed by atoms with Gasteiger partial charge in [0.05, 0.1) is 11.7 Å². The first-order valence-corrected chi connectivity index (χ1v) is 6.19. The Labute approximate surface area is 111 Å². The quantitative estimate of drug-likeness (QED) is 0.784. The Morgan fingerprint density at radius 2 is 2.37 bits per heavy atom. The molecule has 6 heteroatoms. The maximum atomic E-state index is 11.3. The number of rotatable bonds is 2. The summed E-state index contributed by atoms with van der Waals surface area (Å²) >= 11 is 0. The van der Waals surface area contributed by atoms with Crippen LogP contribution in [0.3, 0.4) is 0 Å². The number of aryl methyl sites for hydroxylation is 1. The summed E-state index contributed by atoms with van der Waals surface area (Å²) in [6.45, 7) is 4.85. The van der Waals surface area contributed by atoms with Gasteiger partial charge in [-0.1, -0.05) is 0 Å². The molecule has 19 heavy (non-hydrogen) atoms. The summed E-state index contributed by atoms with van der Waals surface area (Å²) in [5.41, 5.74) is 2.03. The zero-order valence-electron chi connectivity index (χ0n) is 11.0. The van der Waals surface area contributed by atoms with E-state index in [0.717, 1.165) is 11.8 Å². The molecule has 2 unspecified atom stereocenters. The third-order valence-electron chi connectivity index (χ3n) is 3.43. The first-order valence-electron chi connectivity index (χ1n) is 6.19. The highest BCUT2D eigenvalue weighted by Gasteiger charge is 2.34. The number of aromatic nitrogens is 1. The van der Waals surface area contributed by atoms with Gasteiger partial charge in [-0.05, 0) is 25.5 Å². The highest BCUT2D eigenvalue weighted by Crippen LogP contribution is 2.27. The molecule has 1 amide bonds. The molecule has 1 saturated heterocycles. The highest BCUT2D eigenvalue weighted by atomic mass is 16.4. The smallest absolute Gasteiger partial charge is 0.407 e. The lowest BCUT2D eigenvalue weighted by molar-refractivity contribution is 0.0945. The van der Waals surface area contributed by atoms with Crippen LogP contribution >= 0.6 is 0 Å². The van der Waals surface area contributed by atoms with Crippen LogP contribution in [0.2, 0.25) is 0 Å². The van der Waals surface area contributed by atoms with Crippen molar-refractivity contribution < 1.29 is 14.7 Å². The van der Waals surface area contributed by atoms with E-state index in [-0.39, 0.29) is 12.1 Å². The van der Waals surface area contributed by atoms with Crippen molar-refractivity contribution in [3.63, 3.8) is 0 Å². The Morgan fingerprint density at radius 3 is 2.95 bits per heavy atom. The minimum atomic E-state index is -0.945. The summed E-state index contributed by atoms with van der Waals surface area (Å²) in [5.74, 6) is 0. The number of carboxylic acid groups (broad SMARTS) is 1. The van der Waals surface area contributed by atoms with Gasteiger partial charge in [0.15, 0.2) is 6.29 Å². The molecule has 2 N–H and O–H groups in total. The zero-order valence-corrected chi connectivity index (χ0v) is 11.0. The molecule has 0 bridgehead atoms. The van der Waals surface area contributed by atoms with Crippen molar-refractivity contribution in [2.45, 2.75) is 25.9 Å². The fourth-order valence-corrected chi connectivity index (χ4v) is 2.51. The van der Waals surface area contributed by atoms with E-state index in [0.29, 0.717) is 24.3 Å². The van der Waals surface area contributed by atoms with E-state index in [9.17, 15) is 14.7 Å². The van der Waals surface area contributed by atoms with E-state index in [4.69, 9.17) is 0 Å². The Hall–Kier alpha value is -1.95. The van der Waals surface area contributed by atoms with Gasteiger partial charge in [-0.2, -0.15) is 0 Å². The lowest BCUT2D eigenvalue weighted by Crippen LogP contribution is -2.53. The molecule has 1 aromatic heterocycles. The van der Waals surface area contributed by atoms with Gasteiger partial charge in [-0.3, -0.25) is 14.7 Å². The van der Waals surface area contributed by atoms with Crippen LogP contribution in [0.5, 0.6) is 0 Å². The molecule has 0 radical (unpaired) electrons. The topological polar surface area (TPSA) is 82.5 Å². The number of nitrogens with zero attached hydrogens (tertiary/aromatic N) is 2. The maximum absolute atomic E-state index is 11.3. The molecule has 1 aliphatic heterocycles. The fourth-order valence-electron chi connectivity index (χ4n) is 2.51. The van der Waals surface area contributed by atoms with E-state index in [1.807, 2.05) is 13.8 Å². The SMILES string of the molecule is Cc1cc(C=O)cnc1C1C(C)NCCN1C(=O)O. The zero-order chi connectivity index (χ0) is 14.0. The second-order valence-corrected chi connectivity index (χ2v) is 4.75. The number of piperazine rings is 1. The second kappa shape index (κ2) is 5.36. The predicted molar refractivity (Wildman–Crippen MR) is 69.3 cm³/mol. The lowest BCUT2D eigenvalue weighted by atomic mass is 9.97. The van der Waals surface area contributed by atoms with Gasteiger partial charge in [0.25, 0.3) is 0 Å². The molecule has 2 atom stereocenters. The van der Waals surface area contributed by atoms with Crippen molar-refractivity contribution in [2.75, 3.05) is 13.1 Å². The number of nitrogens with one attached hydrogen (secondary N) is 1. The summed E-state index contributed by atoms with van der Waals surface area (Å²) in [4.78, 5) is 27.7. The molecule has 2 heterocycles. The average Bonchev–Trinajstić information content (AvgIpc) is 2.38. The van der Waals surface area contributed by atoms with Crippen molar-refractivity contribution in [1.29, 1.82) is 0 Å². The third kappa shape index (κ3) is 2.58. The van der Waals surface area contributed by atoms with Crippen LogP contribution in [0, 0.1) is 6.92 Å². The molecule has 1 aromatic rings. The molecule has 1 aliphatic rings. The van der Waals surface area contributed by atoms with Gasteiger partial charge in [0.1, 0.15) is 0 Å². The van der Waals surface area contributed by atoms with Crippen molar-refractivity contribution in [3.05, 3.63) is 29.1 Å². The number of hydrogen-bond donors (Lipinski definition) is 2. The monoisotopic (exact) mass is 263 g/mol. The third-order valence-corrected chi connectivity index (χ3v) is 3.43. The molecular weight excluding hydrogens is 246 g/mol. The van der Waals surface area contributed by atoms with E-state index in [1.54, 1.807) is 6.07 Å². The molecule has 0 spiro atoms. The first kappa shape index (κ1) is 13.5. The predicted octanol–water partition coefficient (Wildman–Crippen LogP) is 1.22. The lowest BCUT2D eigenvalue weighted by Gasteiger charge is -2.39. The average molecular weight is 263 g/mol. The molecule has 2 rings (SSSR count). The number of carbonyl (C=O) groups is 2. The Bertz CT molecular complexity index is 504. The molecule has 0 aliphatic carbocycles. The van der Waals surface area contributed by atoms with Crippen molar-refractivity contribution in [1.82, 2.24) is 15.2 Å². The number of carbonyl (C=O) groups excluding carboxylic acids is 1. The number of pyridine rings is 1. The normalized spacial score (nSPS) is 23.2. The van der Waals surface area contributed by atoms with Crippen LogP contribution < -0.4 is 5.32 Å². The van der Waals surface area contributed by atoms with Gasteiger partial charge < -0.3 is 10.4 Å². The Kier molecular flexibility index (Phi) is 3.80. The summed E-state index contributed by atoms with van der Waals surface area (Å²) in [5, 5.41) is 12.6. The summed E-state index contributed by atoms with van der Waals surface area (Å²) < 4.78 is 0. The van der Waals surface area contributed by atoms with Gasteiger partial charge >= 0.3 is 6.09 Å². The highest BCUT2D eigenvalue weighted by molar-refractivity contribution is 5.74. The summed E-state index contributed by atoms with van der Waals surface area (Å²) in [6.07, 6.45) is 1.27. The van der Waals surface area contributed by atoms with Gasteiger partial charge in [0.2, 0.25) is 0 Å². The van der Waals surface area contributed by atoms with Crippen LogP contribution in [0.1, 0.15) is 34.6 Å². The van der Waals surface area contributed by atoms with E-state index in [1.165, 1.54) is 11.1 Å². The molecule has 1 fully saturated rings. The largest absolute Gasteiger partial charge is 0.465 e. The van der Waals surface area contributed by atoms with E-state index < -0.39 is 6.09 Å². The standard InChI is InChI=1S/C13H17N3O3/c1-8-5-10(7-17)6-15-11(8)12-9(2)14-3-4-16(12)13(18)19/h5-7,9,12,14H,3-4H2,1-2H3,(H,18,19). The first-order chi connectivity index (χ1) is 9.04. The number of aldehydes is 1. The number of hydrogen-bond acceptors (Lipinski definition) is 4. The van der Waals surface area contributed by atoms with Crippen LogP contribution in [-0.2, 0) is 0 Å². The minimum absolute atomic E-state index is 0.0156. The van der Waals surface area contributed by atoms with E-state index in [2.05, 4.69) is 10.3 Å². The Morgan fingerprint density at radius 1 is 1.63 bits per heavy atom.